The topological polar surface area (TPSA) is 53.1 Å². The highest BCUT2D eigenvalue weighted by atomic mass is 16.6. The second kappa shape index (κ2) is 6.71. The maximum absolute atomic E-state index is 12.5. The van der Waals surface area contributed by atoms with Crippen LogP contribution in [0.3, 0.4) is 0 Å². The van der Waals surface area contributed by atoms with Crippen LogP contribution in [0.25, 0.3) is 0 Å². The number of ether oxygens (including phenoxy) is 1. The molecule has 3 rings (SSSR count). The fourth-order valence-electron chi connectivity index (χ4n) is 2.85. The summed E-state index contributed by atoms with van der Waals surface area (Å²) in [5.74, 6) is 0. The first kappa shape index (κ1) is 16.6. The number of piperazine rings is 1. The van der Waals surface area contributed by atoms with Crippen LogP contribution in [-0.4, -0.2) is 65.6 Å². The molecule has 1 saturated carbocycles. The van der Waals surface area contributed by atoms with Crippen LogP contribution < -0.4 is 0 Å². The van der Waals surface area contributed by atoms with Crippen molar-refractivity contribution in [3.8, 4) is 0 Å². The van der Waals surface area contributed by atoms with Crippen molar-refractivity contribution in [3.63, 3.8) is 0 Å². The monoisotopic (exact) mass is 331 g/mol. The molecule has 1 heterocycles. The van der Waals surface area contributed by atoms with Crippen LogP contribution >= 0.6 is 0 Å². The van der Waals surface area contributed by atoms with E-state index in [0.29, 0.717) is 26.2 Å². The van der Waals surface area contributed by atoms with Crippen molar-refractivity contribution in [2.45, 2.75) is 31.9 Å². The zero-order valence-electron chi connectivity index (χ0n) is 14.4. The summed E-state index contributed by atoms with van der Waals surface area (Å²) < 4.78 is 5.35. The Morgan fingerprint density at radius 2 is 1.67 bits per heavy atom. The second-order valence-electron chi connectivity index (χ2n) is 6.85. The Morgan fingerprint density at radius 3 is 2.25 bits per heavy atom. The highest BCUT2D eigenvalue weighted by Crippen LogP contribution is 2.40. The van der Waals surface area contributed by atoms with Gasteiger partial charge in [0.25, 0.3) is 0 Å². The molecule has 1 aromatic rings. The van der Waals surface area contributed by atoms with E-state index in [9.17, 15) is 9.59 Å². The lowest BCUT2D eigenvalue weighted by Crippen LogP contribution is -2.55. The van der Waals surface area contributed by atoms with E-state index in [1.165, 1.54) is 0 Å². The molecule has 0 bridgehead atoms. The Labute approximate surface area is 143 Å². The molecule has 2 aliphatic rings. The maximum atomic E-state index is 12.5. The minimum Gasteiger partial charge on any atom is -0.445 e. The molecule has 3 amide bonds. The largest absolute Gasteiger partial charge is 0.445 e. The molecule has 0 spiro atoms. The van der Waals surface area contributed by atoms with E-state index in [1.54, 1.807) is 4.90 Å². The van der Waals surface area contributed by atoms with E-state index in [4.69, 9.17) is 4.74 Å². The van der Waals surface area contributed by atoms with Crippen molar-refractivity contribution in [2.75, 3.05) is 33.2 Å². The first-order chi connectivity index (χ1) is 11.5. The minimum atomic E-state index is -0.312. The van der Waals surface area contributed by atoms with E-state index in [-0.39, 0.29) is 24.3 Å². The Balaban J connectivity index is 1.44. The van der Waals surface area contributed by atoms with Gasteiger partial charge >= 0.3 is 12.1 Å². The van der Waals surface area contributed by atoms with E-state index in [0.717, 1.165) is 18.4 Å². The standard InChI is InChI=1S/C18H25N3O3/c1-18(8-9-18)19(2)16(22)20-10-12-21(13-11-20)17(23)24-14-15-6-4-3-5-7-15/h3-7H,8-14H2,1-2H3. The Bertz CT molecular complexity index is 593. The third-order valence-electron chi connectivity index (χ3n) is 5.08. The van der Waals surface area contributed by atoms with E-state index in [1.807, 2.05) is 47.2 Å². The van der Waals surface area contributed by atoms with Gasteiger partial charge in [0, 0.05) is 38.8 Å². The number of carbonyl (C=O) groups is 2. The first-order valence-corrected chi connectivity index (χ1v) is 8.48. The third kappa shape index (κ3) is 3.63. The van der Waals surface area contributed by atoms with E-state index >= 15 is 0 Å². The van der Waals surface area contributed by atoms with Gasteiger partial charge in [-0.05, 0) is 25.3 Å². The number of urea groups is 1. The number of amides is 3. The van der Waals surface area contributed by atoms with Gasteiger partial charge in [0.1, 0.15) is 6.61 Å². The normalized spacial score (nSPS) is 18.9. The van der Waals surface area contributed by atoms with Crippen LogP contribution in [0.2, 0.25) is 0 Å². The predicted molar refractivity (Wildman–Crippen MR) is 90.6 cm³/mol. The summed E-state index contributed by atoms with van der Waals surface area (Å²) in [7, 11) is 1.87. The van der Waals surface area contributed by atoms with E-state index < -0.39 is 0 Å². The zero-order chi connectivity index (χ0) is 17.2. The lowest BCUT2D eigenvalue weighted by Gasteiger charge is -2.37. The van der Waals surface area contributed by atoms with Gasteiger partial charge in [-0.15, -0.1) is 0 Å². The Kier molecular flexibility index (Phi) is 4.64. The molecule has 24 heavy (non-hydrogen) atoms. The fraction of sp³-hybridized carbons (Fsp3) is 0.556. The SMILES string of the molecule is CN(C(=O)N1CCN(C(=O)OCc2ccccc2)CC1)C1(C)CC1. The van der Waals surface area contributed by atoms with Gasteiger partial charge in [0.2, 0.25) is 0 Å². The molecule has 0 unspecified atom stereocenters. The molecule has 1 aliphatic heterocycles. The Hall–Kier alpha value is -2.24. The highest BCUT2D eigenvalue weighted by molar-refractivity contribution is 5.76. The van der Waals surface area contributed by atoms with Crippen LogP contribution in [0.1, 0.15) is 25.3 Å². The summed E-state index contributed by atoms with van der Waals surface area (Å²) in [6.45, 7) is 4.54. The predicted octanol–water partition coefficient (Wildman–Crippen LogP) is 2.55. The molecule has 1 aliphatic carbocycles. The summed E-state index contributed by atoms with van der Waals surface area (Å²) in [5, 5.41) is 0. The summed E-state index contributed by atoms with van der Waals surface area (Å²) in [4.78, 5) is 30.0. The highest BCUT2D eigenvalue weighted by Gasteiger charge is 2.45. The second-order valence-corrected chi connectivity index (χ2v) is 6.85. The summed E-state index contributed by atoms with van der Waals surface area (Å²) in [5.41, 5.74) is 1.00. The van der Waals surface area contributed by atoms with Gasteiger partial charge < -0.3 is 19.4 Å². The molecule has 6 nitrogen and oxygen atoms in total. The molecular formula is C18H25N3O3. The van der Waals surface area contributed by atoms with Gasteiger partial charge in [-0.1, -0.05) is 30.3 Å². The Morgan fingerprint density at radius 1 is 1.08 bits per heavy atom. The summed E-state index contributed by atoms with van der Waals surface area (Å²) >= 11 is 0. The van der Waals surface area contributed by atoms with Gasteiger partial charge in [-0.25, -0.2) is 9.59 Å². The number of carbonyl (C=O) groups excluding carboxylic acids is 2. The lowest BCUT2D eigenvalue weighted by atomic mass is 10.2. The molecular weight excluding hydrogens is 306 g/mol. The number of rotatable bonds is 3. The van der Waals surface area contributed by atoms with Crippen molar-refractivity contribution >= 4 is 12.1 Å². The van der Waals surface area contributed by atoms with Gasteiger partial charge in [0.05, 0.1) is 0 Å². The van der Waals surface area contributed by atoms with Gasteiger partial charge in [-0.2, -0.15) is 0 Å². The van der Waals surface area contributed by atoms with Crippen LogP contribution in [0.5, 0.6) is 0 Å². The van der Waals surface area contributed by atoms with E-state index in [2.05, 4.69) is 6.92 Å². The average molecular weight is 331 g/mol. The van der Waals surface area contributed by atoms with Crippen molar-refractivity contribution in [2.24, 2.45) is 0 Å². The number of benzene rings is 1. The van der Waals surface area contributed by atoms with Crippen molar-refractivity contribution in [3.05, 3.63) is 35.9 Å². The lowest BCUT2D eigenvalue weighted by molar-refractivity contribution is 0.0702. The summed E-state index contributed by atoms with van der Waals surface area (Å²) in [6, 6.07) is 9.69. The molecule has 0 atom stereocenters. The molecule has 130 valence electrons. The van der Waals surface area contributed by atoms with Crippen molar-refractivity contribution in [1.29, 1.82) is 0 Å². The zero-order valence-corrected chi connectivity index (χ0v) is 14.4. The third-order valence-corrected chi connectivity index (χ3v) is 5.08. The molecule has 0 radical (unpaired) electrons. The average Bonchev–Trinajstić information content (AvgIpc) is 3.38. The summed E-state index contributed by atoms with van der Waals surface area (Å²) in [6.07, 6.45) is 1.83. The van der Waals surface area contributed by atoms with Gasteiger partial charge in [-0.3, -0.25) is 0 Å². The molecule has 2 fully saturated rings. The van der Waals surface area contributed by atoms with Gasteiger partial charge in [0.15, 0.2) is 0 Å². The molecule has 0 N–H and O–H groups in total. The van der Waals surface area contributed by atoms with Crippen LogP contribution in [0.15, 0.2) is 30.3 Å². The van der Waals surface area contributed by atoms with Crippen molar-refractivity contribution < 1.29 is 14.3 Å². The van der Waals surface area contributed by atoms with Crippen molar-refractivity contribution in [1.82, 2.24) is 14.7 Å². The van der Waals surface area contributed by atoms with Crippen LogP contribution in [0.4, 0.5) is 9.59 Å². The number of hydrogen-bond acceptors (Lipinski definition) is 3. The van der Waals surface area contributed by atoms with Crippen LogP contribution in [-0.2, 0) is 11.3 Å². The van der Waals surface area contributed by atoms with Crippen LogP contribution in [0, 0.1) is 0 Å². The number of nitrogens with zero attached hydrogens (tertiary/aromatic N) is 3. The minimum absolute atomic E-state index is 0.0306. The quantitative estimate of drug-likeness (QED) is 0.855. The molecule has 0 aromatic heterocycles. The molecule has 1 aromatic carbocycles. The first-order valence-electron chi connectivity index (χ1n) is 8.48. The smallest absolute Gasteiger partial charge is 0.410 e. The fourth-order valence-corrected chi connectivity index (χ4v) is 2.85. The maximum Gasteiger partial charge on any atom is 0.410 e. The molecule has 1 saturated heterocycles. The number of hydrogen-bond donors (Lipinski definition) is 0. The molecule has 6 heteroatoms.